The first-order valence-corrected chi connectivity index (χ1v) is 8.08. The molecule has 1 aromatic carbocycles. The van der Waals surface area contributed by atoms with Crippen molar-refractivity contribution in [2.75, 3.05) is 5.73 Å². The normalized spacial score (nSPS) is 21.6. The summed E-state index contributed by atoms with van der Waals surface area (Å²) >= 11 is 0. The van der Waals surface area contributed by atoms with E-state index in [9.17, 15) is 5.11 Å². The summed E-state index contributed by atoms with van der Waals surface area (Å²) in [4.78, 5) is 8.67. The van der Waals surface area contributed by atoms with Crippen LogP contribution >= 0.6 is 0 Å². The fourth-order valence-corrected chi connectivity index (χ4v) is 3.56. The van der Waals surface area contributed by atoms with Crippen molar-refractivity contribution in [3.05, 3.63) is 42.9 Å². The molecule has 2 heterocycles. The molecule has 118 valence electrons. The monoisotopic (exact) mass is 308 g/mol. The van der Waals surface area contributed by atoms with Gasteiger partial charge in [0, 0.05) is 17.8 Å². The number of aliphatic hydroxyl groups excluding tert-OH is 1. The topological polar surface area (TPSA) is 77.0 Å². The van der Waals surface area contributed by atoms with Gasteiger partial charge in [0.2, 0.25) is 0 Å². The van der Waals surface area contributed by atoms with Crippen LogP contribution in [0, 0.1) is 0 Å². The molecular formula is C18H20N4O. The van der Waals surface area contributed by atoms with Crippen LogP contribution in [0.2, 0.25) is 0 Å². The fraction of sp³-hybridized carbons (Fsp3) is 0.333. The van der Waals surface area contributed by atoms with Crippen molar-refractivity contribution in [1.82, 2.24) is 14.5 Å². The summed E-state index contributed by atoms with van der Waals surface area (Å²) in [5.74, 6) is 0.517. The fourth-order valence-electron chi connectivity index (χ4n) is 3.56. The van der Waals surface area contributed by atoms with Crippen LogP contribution in [0.15, 0.2) is 42.9 Å². The molecule has 1 saturated carbocycles. The second kappa shape index (κ2) is 5.66. The molecule has 0 unspecified atom stereocenters. The second-order valence-corrected chi connectivity index (χ2v) is 6.24. The molecule has 5 heteroatoms. The second-order valence-electron chi connectivity index (χ2n) is 6.24. The summed E-state index contributed by atoms with van der Waals surface area (Å²) in [5.41, 5.74) is 9.23. The lowest BCUT2D eigenvalue weighted by Crippen LogP contribution is -2.20. The Morgan fingerprint density at radius 1 is 1.04 bits per heavy atom. The molecule has 5 nitrogen and oxygen atoms in total. The van der Waals surface area contributed by atoms with Crippen molar-refractivity contribution in [2.24, 2.45) is 0 Å². The first kappa shape index (κ1) is 14.2. The molecule has 1 aliphatic carbocycles. The van der Waals surface area contributed by atoms with Crippen LogP contribution in [-0.2, 0) is 0 Å². The van der Waals surface area contributed by atoms with Gasteiger partial charge in [-0.05, 0) is 31.2 Å². The van der Waals surface area contributed by atoms with Crippen LogP contribution in [0.1, 0.15) is 31.7 Å². The van der Waals surface area contributed by atoms with Crippen LogP contribution in [0.4, 0.5) is 5.82 Å². The van der Waals surface area contributed by atoms with Crippen molar-refractivity contribution in [2.45, 2.75) is 37.8 Å². The van der Waals surface area contributed by atoms with Crippen molar-refractivity contribution in [3.63, 3.8) is 0 Å². The molecule has 23 heavy (non-hydrogen) atoms. The number of nitrogens with two attached hydrogens (primary N) is 1. The molecule has 0 radical (unpaired) electrons. The smallest absolute Gasteiger partial charge is 0.146 e. The molecule has 0 aliphatic heterocycles. The minimum atomic E-state index is -0.165. The highest BCUT2D eigenvalue weighted by molar-refractivity contribution is 6.00. The molecule has 0 saturated heterocycles. The SMILES string of the molecule is Nc1ncnc2c1c(-c1ccccc1)cn2C1CCC(O)CC1. The summed E-state index contributed by atoms with van der Waals surface area (Å²) in [6.07, 6.45) is 7.11. The van der Waals surface area contributed by atoms with Gasteiger partial charge in [0.1, 0.15) is 17.8 Å². The average molecular weight is 308 g/mol. The number of rotatable bonds is 2. The van der Waals surface area contributed by atoms with Gasteiger partial charge in [-0.25, -0.2) is 9.97 Å². The van der Waals surface area contributed by atoms with E-state index in [0.29, 0.717) is 11.9 Å². The number of nitrogens with zero attached hydrogens (tertiary/aromatic N) is 3. The van der Waals surface area contributed by atoms with E-state index >= 15 is 0 Å². The standard InChI is InChI=1S/C18H20N4O/c19-17-16-15(12-4-2-1-3-5-12)10-22(18(16)21-11-20-17)13-6-8-14(23)9-7-13/h1-5,10-11,13-14,23H,6-9H2,(H2,19,20,21). The number of fused-ring (bicyclic) bond motifs is 1. The number of aliphatic hydroxyl groups is 1. The van der Waals surface area contributed by atoms with Gasteiger partial charge in [0.25, 0.3) is 0 Å². The first-order valence-electron chi connectivity index (χ1n) is 8.08. The Morgan fingerprint density at radius 3 is 2.52 bits per heavy atom. The predicted molar refractivity (Wildman–Crippen MR) is 90.9 cm³/mol. The minimum absolute atomic E-state index is 0.165. The Hall–Kier alpha value is -2.40. The Morgan fingerprint density at radius 2 is 1.78 bits per heavy atom. The number of hydrogen-bond acceptors (Lipinski definition) is 4. The van der Waals surface area contributed by atoms with Crippen LogP contribution in [0.5, 0.6) is 0 Å². The molecule has 3 N–H and O–H groups in total. The van der Waals surface area contributed by atoms with E-state index in [0.717, 1.165) is 47.8 Å². The van der Waals surface area contributed by atoms with E-state index in [4.69, 9.17) is 5.73 Å². The van der Waals surface area contributed by atoms with Crippen molar-refractivity contribution in [1.29, 1.82) is 0 Å². The van der Waals surface area contributed by atoms with Crippen LogP contribution in [-0.4, -0.2) is 25.7 Å². The maximum absolute atomic E-state index is 9.76. The van der Waals surface area contributed by atoms with Crippen molar-refractivity contribution in [3.8, 4) is 11.1 Å². The molecule has 4 rings (SSSR count). The molecule has 1 fully saturated rings. The average Bonchev–Trinajstić information content (AvgIpc) is 2.97. The molecule has 3 aromatic rings. The summed E-state index contributed by atoms with van der Waals surface area (Å²) in [6, 6.07) is 10.6. The molecular weight excluding hydrogens is 288 g/mol. The van der Waals surface area contributed by atoms with Crippen LogP contribution in [0.3, 0.4) is 0 Å². The lowest BCUT2D eigenvalue weighted by Gasteiger charge is -2.27. The largest absolute Gasteiger partial charge is 0.393 e. The quantitative estimate of drug-likeness (QED) is 0.762. The number of anilines is 1. The van der Waals surface area contributed by atoms with E-state index in [1.807, 2.05) is 18.2 Å². The number of hydrogen-bond donors (Lipinski definition) is 2. The van der Waals surface area contributed by atoms with Gasteiger partial charge in [-0.3, -0.25) is 0 Å². The van der Waals surface area contributed by atoms with E-state index < -0.39 is 0 Å². The molecule has 0 atom stereocenters. The molecule has 0 bridgehead atoms. The summed E-state index contributed by atoms with van der Waals surface area (Å²) in [7, 11) is 0. The van der Waals surface area contributed by atoms with Gasteiger partial charge >= 0.3 is 0 Å². The lowest BCUT2D eigenvalue weighted by molar-refractivity contribution is 0.111. The van der Waals surface area contributed by atoms with Gasteiger partial charge in [-0.15, -0.1) is 0 Å². The third-order valence-corrected chi connectivity index (χ3v) is 4.78. The van der Waals surface area contributed by atoms with E-state index in [1.54, 1.807) is 0 Å². The minimum Gasteiger partial charge on any atom is -0.393 e. The molecule has 0 spiro atoms. The molecule has 2 aromatic heterocycles. The lowest BCUT2D eigenvalue weighted by atomic mass is 9.93. The maximum Gasteiger partial charge on any atom is 0.146 e. The summed E-state index contributed by atoms with van der Waals surface area (Å²) < 4.78 is 2.22. The Labute approximate surface area is 134 Å². The summed E-state index contributed by atoms with van der Waals surface area (Å²) in [5, 5.41) is 10.7. The molecule has 1 aliphatic rings. The summed E-state index contributed by atoms with van der Waals surface area (Å²) in [6.45, 7) is 0. The zero-order valence-corrected chi connectivity index (χ0v) is 12.9. The number of nitrogen functional groups attached to an aromatic ring is 1. The van der Waals surface area contributed by atoms with Gasteiger partial charge in [0.15, 0.2) is 0 Å². The maximum atomic E-state index is 9.76. The highest BCUT2D eigenvalue weighted by atomic mass is 16.3. The van der Waals surface area contributed by atoms with Gasteiger partial charge < -0.3 is 15.4 Å². The highest BCUT2D eigenvalue weighted by Gasteiger charge is 2.24. The Balaban J connectivity index is 1.88. The van der Waals surface area contributed by atoms with Crippen LogP contribution < -0.4 is 5.73 Å². The Kier molecular flexibility index (Phi) is 3.50. The first-order chi connectivity index (χ1) is 11.2. The van der Waals surface area contributed by atoms with Gasteiger partial charge in [0.05, 0.1) is 11.5 Å². The number of benzene rings is 1. The van der Waals surface area contributed by atoms with E-state index in [-0.39, 0.29) is 6.10 Å². The van der Waals surface area contributed by atoms with Crippen molar-refractivity contribution < 1.29 is 5.11 Å². The van der Waals surface area contributed by atoms with Crippen molar-refractivity contribution >= 4 is 16.9 Å². The third kappa shape index (κ3) is 2.47. The van der Waals surface area contributed by atoms with Crippen LogP contribution in [0.25, 0.3) is 22.2 Å². The third-order valence-electron chi connectivity index (χ3n) is 4.78. The van der Waals surface area contributed by atoms with Gasteiger partial charge in [-0.2, -0.15) is 0 Å². The van der Waals surface area contributed by atoms with E-state index in [2.05, 4.69) is 32.9 Å². The predicted octanol–water partition coefficient (Wildman–Crippen LogP) is 3.16. The highest BCUT2D eigenvalue weighted by Crippen LogP contribution is 2.37. The molecule has 0 amide bonds. The van der Waals surface area contributed by atoms with E-state index in [1.165, 1.54) is 6.33 Å². The zero-order valence-electron chi connectivity index (χ0n) is 12.9. The number of aromatic nitrogens is 3. The Bertz CT molecular complexity index is 820. The van der Waals surface area contributed by atoms with Gasteiger partial charge in [-0.1, -0.05) is 30.3 Å². The zero-order chi connectivity index (χ0) is 15.8.